The van der Waals surface area contributed by atoms with E-state index in [1.54, 1.807) is 24.0 Å². The summed E-state index contributed by atoms with van der Waals surface area (Å²) in [6.07, 6.45) is 0. The third-order valence-corrected chi connectivity index (χ3v) is 3.39. The molecule has 19 heavy (non-hydrogen) atoms. The summed E-state index contributed by atoms with van der Waals surface area (Å²) in [5.74, 6) is -0.183. The standard InChI is InChI=1S/C14H19N3O2/c1-10-13(18)15-8-9-17(10)14(19)11-4-6-12(7-5-11)16(2)3/h4-7,10H,8-9H2,1-3H3,(H,15,18). The second kappa shape index (κ2) is 5.30. The van der Waals surface area contributed by atoms with Gasteiger partial charge < -0.3 is 15.1 Å². The fourth-order valence-corrected chi connectivity index (χ4v) is 2.13. The van der Waals surface area contributed by atoms with Crippen molar-refractivity contribution >= 4 is 17.5 Å². The molecule has 1 saturated heterocycles. The summed E-state index contributed by atoms with van der Waals surface area (Å²) in [5, 5.41) is 2.75. The monoisotopic (exact) mass is 261 g/mol. The summed E-state index contributed by atoms with van der Waals surface area (Å²) in [6, 6.07) is 7.01. The molecule has 1 unspecified atom stereocenters. The fourth-order valence-electron chi connectivity index (χ4n) is 2.13. The summed E-state index contributed by atoms with van der Waals surface area (Å²) < 4.78 is 0. The third-order valence-electron chi connectivity index (χ3n) is 3.39. The highest BCUT2D eigenvalue weighted by Crippen LogP contribution is 2.15. The molecule has 1 heterocycles. The summed E-state index contributed by atoms with van der Waals surface area (Å²) in [6.45, 7) is 2.83. The van der Waals surface area contributed by atoms with E-state index in [1.165, 1.54) is 0 Å². The summed E-state index contributed by atoms with van der Waals surface area (Å²) >= 11 is 0. The second-order valence-electron chi connectivity index (χ2n) is 4.91. The first-order valence-electron chi connectivity index (χ1n) is 6.37. The molecule has 1 N–H and O–H groups in total. The van der Waals surface area contributed by atoms with Gasteiger partial charge in [0.15, 0.2) is 0 Å². The lowest BCUT2D eigenvalue weighted by Crippen LogP contribution is -2.55. The molecular weight excluding hydrogens is 242 g/mol. The van der Waals surface area contributed by atoms with Gasteiger partial charge in [-0.1, -0.05) is 0 Å². The maximum absolute atomic E-state index is 12.4. The first kappa shape index (κ1) is 13.4. The number of piperazine rings is 1. The topological polar surface area (TPSA) is 52.7 Å². The van der Waals surface area contributed by atoms with E-state index < -0.39 is 6.04 Å². The van der Waals surface area contributed by atoms with Crippen LogP contribution in [-0.4, -0.2) is 49.9 Å². The number of benzene rings is 1. The van der Waals surface area contributed by atoms with E-state index in [2.05, 4.69) is 5.32 Å². The highest BCUT2D eigenvalue weighted by molar-refractivity contribution is 5.98. The number of nitrogens with zero attached hydrogens (tertiary/aromatic N) is 2. The Morgan fingerprint density at radius 2 is 1.95 bits per heavy atom. The third kappa shape index (κ3) is 2.70. The van der Waals surface area contributed by atoms with Gasteiger partial charge in [0.2, 0.25) is 5.91 Å². The van der Waals surface area contributed by atoms with Gasteiger partial charge in [-0.3, -0.25) is 9.59 Å². The van der Waals surface area contributed by atoms with Crippen molar-refractivity contribution in [2.45, 2.75) is 13.0 Å². The van der Waals surface area contributed by atoms with Crippen LogP contribution in [0.3, 0.4) is 0 Å². The number of hydrogen-bond donors (Lipinski definition) is 1. The van der Waals surface area contributed by atoms with Crippen LogP contribution in [0, 0.1) is 0 Å². The van der Waals surface area contributed by atoms with E-state index in [1.807, 2.05) is 31.1 Å². The lowest BCUT2D eigenvalue weighted by Gasteiger charge is -2.32. The van der Waals surface area contributed by atoms with Crippen LogP contribution in [0.25, 0.3) is 0 Å². The van der Waals surface area contributed by atoms with Gasteiger partial charge in [0, 0.05) is 38.4 Å². The lowest BCUT2D eigenvalue weighted by atomic mass is 10.1. The molecule has 0 saturated carbocycles. The number of amides is 2. The van der Waals surface area contributed by atoms with Gasteiger partial charge in [-0.15, -0.1) is 0 Å². The summed E-state index contributed by atoms with van der Waals surface area (Å²) in [5.41, 5.74) is 1.66. The van der Waals surface area contributed by atoms with E-state index >= 15 is 0 Å². The molecule has 0 aliphatic carbocycles. The molecule has 0 radical (unpaired) electrons. The summed E-state index contributed by atoms with van der Waals surface area (Å²) in [4.78, 5) is 27.5. The molecular formula is C14H19N3O2. The maximum Gasteiger partial charge on any atom is 0.254 e. The van der Waals surface area contributed by atoms with Crippen molar-refractivity contribution in [1.82, 2.24) is 10.2 Å². The van der Waals surface area contributed by atoms with Crippen LogP contribution in [0.2, 0.25) is 0 Å². The van der Waals surface area contributed by atoms with Crippen LogP contribution in [0.1, 0.15) is 17.3 Å². The van der Waals surface area contributed by atoms with Crippen LogP contribution in [0.5, 0.6) is 0 Å². The van der Waals surface area contributed by atoms with Gasteiger partial charge in [-0.05, 0) is 31.2 Å². The van der Waals surface area contributed by atoms with Gasteiger partial charge >= 0.3 is 0 Å². The number of carbonyl (C=O) groups excluding carboxylic acids is 2. The van der Waals surface area contributed by atoms with E-state index in [0.29, 0.717) is 18.7 Å². The van der Waals surface area contributed by atoms with Gasteiger partial charge in [0.05, 0.1) is 0 Å². The lowest BCUT2D eigenvalue weighted by molar-refractivity contribution is -0.127. The Balaban J connectivity index is 2.17. The number of nitrogens with one attached hydrogen (secondary N) is 1. The van der Waals surface area contributed by atoms with Gasteiger partial charge in [-0.25, -0.2) is 0 Å². The molecule has 0 aromatic heterocycles. The zero-order valence-corrected chi connectivity index (χ0v) is 11.5. The quantitative estimate of drug-likeness (QED) is 0.853. The van der Waals surface area contributed by atoms with E-state index in [-0.39, 0.29) is 11.8 Å². The molecule has 0 bridgehead atoms. The van der Waals surface area contributed by atoms with E-state index in [0.717, 1.165) is 5.69 Å². The zero-order valence-electron chi connectivity index (χ0n) is 11.5. The first-order valence-corrected chi connectivity index (χ1v) is 6.37. The van der Waals surface area contributed by atoms with Crippen molar-refractivity contribution in [1.29, 1.82) is 0 Å². The van der Waals surface area contributed by atoms with Gasteiger partial charge in [0.25, 0.3) is 5.91 Å². The molecule has 102 valence electrons. The van der Waals surface area contributed by atoms with Gasteiger partial charge in [0.1, 0.15) is 6.04 Å². The van der Waals surface area contributed by atoms with Crippen LogP contribution in [0.4, 0.5) is 5.69 Å². The highest BCUT2D eigenvalue weighted by atomic mass is 16.2. The SMILES string of the molecule is CC1C(=O)NCCN1C(=O)c1ccc(N(C)C)cc1. The first-order chi connectivity index (χ1) is 9.00. The number of anilines is 1. The van der Waals surface area contributed by atoms with Crippen molar-refractivity contribution < 1.29 is 9.59 Å². The van der Waals surface area contributed by atoms with Crippen molar-refractivity contribution in [2.75, 3.05) is 32.1 Å². The normalized spacial score (nSPS) is 19.0. The Kier molecular flexibility index (Phi) is 3.74. The van der Waals surface area contributed by atoms with Gasteiger partial charge in [-0.2, -0.15) is 0 Å². The molecule has 1 aromatic carbocycles. The molecule has 2 amide bonds. The smallest absolute Gasteiger partial charge is 0.254 e. The molecule has 1 aliphatic heterocycles. The minimum absolute atomic E-state index is 0.0901. The predicted octanol–water partition coefficient (Wildman–Crippen LogP) is 0.713. The minimum atomic E-state index is -0.408. The van der Waals surface area contributed by atoms with E-state index in [4.69, 9.17) is 0 Å². The highest BCUT2D eigenvalue weighted by Gasteiger charge is 2.29. The Hall–Kier alpha value is -2.04. The fraction of sp³-hybridized carbons (Fsp3) is 0.429. The summed E-state index contributed by atoms with van der Waals surface area (Å²) in [7, 11) is 3.90. The molecule has 1 aromatic rings. The predicted molar refractivity (Wildman–Crippen MR) is 74.3 cm³/mol. The van der Waals surface area contributed by atoms with E-state index in [9.17, 15) is 9.59 Å². The molecule has 1 aliphatic rings. The number of carbonyl (C=O) groups is 2. The average Bonchev–Trinajstić information content (AvgIpc) is 2.41. The Morgan fingerprint density at radius 3 is 2.53 bits per heavy atom. The van der Waals surface area contributed by atoms with Crippen molar-refractivity contribution in [3.63, 3.8) is 0 Å². The molecule has 5 heteroatoms. The number of rotatable bonds is 2. The Bertz CT molecular complexity index is 482. The maximum atomic E-state index is 12.4. The van der Waals surface area contributed by atoms with Crippen LogP contribution in [0.15, 0.2) is 24.3 Å². The Labute approximate surface area is 113 Å². The average molecular weight is 261 g/mol. The van der Waals surface area contributed by atoms with Crippen LogP contribution in [-0.2, 0) is 4.79 Å². The Morgan fingerprint density at radius 1 is 1.32 bits per heavy atom. The molecule has 1 fully saturated rings. The molecule has 2 rings (SSSR count). The molecule has 1 atom stereocenters. The largest absolute Gasteiger partial charge is 0.378 e. The molecule has 0 spiro atoms. The van der Waals surface area contributed by atoms with Crippen molar-refractivity contribution in [3.05, 3.63) is 29.8 Å². The van der Waals surface area contributed by atoms with Crippen molar-refractivity contribution in [3.8, 4) is 0 Å². The molecule has 5 nitrogen and oxygen atoms in total. The number of hydrogen-bond acceptors (Lipinski definition) is 3. The van der Waals surface area contributed by atoms with Crippen LogP contribution < -0.4 is 10.2 Å². The zero-order chi connectivity index (χ0) is 14.0. The van der Waals surface area contributed by atoms with Crippen molar-refractivity contribution in [2.24, 2.45) is 0 Å². The second-order valence-corrected chi connectivity index (χ2v) is 4.91. The van der Waals surface area contributed by atoms with Crippen LogP contribution >= 0.6 is 0 Å². The minimum Gasteiger partial charge on any atom is -0.378 e.